The van der Waals surface area contributed by atoms with Gasteiger partial charge in [-0.3, -0.25) is 0 Å². The third-order valence-corrected chi connectivity index (χ3v) is 5.76. The molecule has 4 aromatic rings. The summed E-state index contributed by atoms with van der Waals surface area (Å²) >= 11 is 7.90. The van der Waals surface area contributed by atoms with Crippen molar-refractivity contribution in [3.63, 3.8) is 0 Å². The molecule has 2 heterocycles. The van der Waals surface area contributed by atoms with Crippen molar-refractivity contribution in [1.29, 1.82) is 0 Å². The Morgan fingerprint density at radius 3 is 2.81 bits per heavy atom. The number of thiazole rings is 1. The second-order valence-electron chi connectivity index (χ2n) is 6.68. The fraction of sp³-hybridized carbons (Fsp3) is 0.182. The van der Waals surface area contributed by atoms with Crippen LogP contribution in [0.4, 0.5) is 0 Å². The number of fused-ring (bicyclic) bond motifs is 1. The van der Waals surface area contributed by atoms with E-state index in [1.165, 1.54) is 5.56 Å². The molecule has 136 valence electrons. The van der Waals surface area contributed by atoms with Crippen molar-refractivity contribution in [2.45, 2.75) is 26.4 Å². The van der Waals surface area contributed by atoms with Gasteiger partial charge < -0.3 is 5.32 Å². The van der Waals surface area contributed by atoms with E-state index < -0.39 is 0 Å². The minimum absolute atomic E-state index is 0.186. The number of nitrogens with one attached hydrogen (secondary N) is 1. The van der Waals surface area contributed by atoms with Gasteiger partial charge in [-0.2, -0.15) is 0 Å². The van der Waals surface area contributed by atoms with E-state index in [0.29, 0.717) is 11.6 Å². The summed E-state index contributed by atoms with van der Waals surface area (Å²) in [6.07, 6.45) is 1.84. The van der Waals surface area contributed by atoms with Gasteiger partial charge in [-0.05, 0) is 49.2 Å². The Bertz CT molecular complexity index is 1080. The maximum Gasteiger partial charge on any atom is 0.109 e. The Hall–Kier alpha value is -2.27. The highest BCUT2D eigenvalue weighted by atomic mass is 35.5. The number of pyridine rings is 1. The summed E-state index contributed by atoms with van der Waals surface area (Å²) in [7, 11) is 0. The molecule has 1 N–H and O–H groups in total. The zero-order valence-corrected chi connectivity index (χ0v) is 16.8. The van der Waals surface area contributed by atoms with Gasteiger partial charge >= 0.3 is 0 Å². The first kappa shape index (κ1) is 18.1. The molecule has 0 spiro atoms. The summed E-state index contributed by atoms with van der Waals surface area (Å²) < 4.78 is 0. The minimum Gasteiger partial charge on any atom is -0.304 e. The highest BCUT2D eigenvalue weighted by molar-refractivity contribution is 7.09. The monoisotopic (exact) mass is 393 g/mol. The van der Waals surface area contributed by atoms with Crippen LogP contribution >= 0.6 is 22.9 Å². The average Bonchev–Trinajstić information content (AvgIpc) is 3.20. The molecule has 3 nitrogen and oxygen atoms in total. The number of aryl methyl sites for hydroxylation is 1. The predicted octanol–water partition coefficient (Wildman–Crippen LogP) is 6.17. The average molecular weight is 394 g/mol. The molecule has 4 rings (SSSR count). The SMILES string of the molecule is Cc1ccc2cc(CNC(C)c3nccs3)c(-c3cccc(Cl)c3)nc2c1. The van der Waals surface area contributed by atoms with E-state index >= 15 is 0 Å². The normalized spacial score (nSPS) is 12.4. The van der Waals surface area contributed by atoms with Gasteiger partial charge in [-0.15, -0.1) is 11.3 Å². The van der Waals surface area contributed by atoms with E-state index in [-0.39, 0.29) is 6.04 Å². The molecule has 0 fully saturated rings. The minimum atomic E-state index is 0.186. The van der Waals surface area contributed by atoms with E-state index in [2.05, 4.69) is 54.5 Å². The summed E-state index contributed by atoms with van der Waals surface area (Å²) in [6, 6.07) is 16.7. The molecule has 2 aromatic carbocycles. The van der Waals surface area contributed by atoms with E-state index in [1.54, 1.807) is 11.3 Å². The smallest absolute Gasteiger partial charge is 0.109 e. The lowest BCUT2D eigenvalue weighted by molar-refractivity contribution is 0.572. The van der Waals surface area contributed by atoms with Crippen LogP contribution in [0.15, 0.2) is 60.1 Å². The first-order valence-electron chi connectivity index (χ1n) is 8.89. The molecular formula is C22H20ClN3S. The zero-order valence-electron chi connectivity index (χ0n) is 15.2. The second-order valence-corrected chi connectivity index (χ2v) is 8.04. The van der Waals surface area contributed by atoms with Crippen LogP contribution in [0.1, 0.15) is 29.1 Å². The predicted molar refractivity (Wildman–Crippen MR) is 114 cm³/mol. The largest absolute Gasteiger partial charge is 0.304 e. The first-order chi connectivity index (χ1) is 13.1. The van der Waals surface area contributed by atoms with Crippen LogP contribution in [-0.4, -0.2) is 9.97 Å². The fourth-order valence-electron chi connectivity index (χ4n) is 3.14. The highest BCUT2D eigenvalue weighted by Gasteiger charge is 2.13. The molecular weight excluding hydrogens is 374 g/mol. The van der Waals surface area contributed by atoms with Crippen LogP contribution in [0.3, 0.4) is 0 Å². The molecule has 1 unspecified atom stereocenters. The molecule has 0 radical (unpaired) electrons. The van der Waals surface area contributed by atoms with E-state index in [1.807, 2.05) is 29.8 Å². The van der Waals surface area contributed by atoms with Gasteiger partial charge in [0.2, 0.25) is 0 Å². The van der Waals surface area contributed by atoms with Crippen molar-refractivity contribution in [3.8, 4) is 11.3 Å². The molecule has 0 aliphatic carbocycles. The third-order valence-electron chi connectivity index (χ3n) is 4.57. The number of benzene rings is 2. The lowest BCUT2D eigenvalue weighted by atomic mass is 10.0. The zero-order chi connectivity index (χ0) is 18.8. The maximum atomic E-state index is 6.24. The first-order valence-corrected chi connectivity index (χ1v) is 10.1. The highest BCUT2D eigenvalue weighted by Crippen LogP contribution is 2.28. The third kappa shape index (κ3) is 4.03. The van der Waals surface area contributed by atoms with Gasteiger partial charge in [0.15, 0.2) is 0 Å². The number of aromatic nitrogens is 2. The van der Waals surface area contributed by atoms with Gasteiger partial charge in [0.25, 0.3) is 0 Å². The van der Waals surface area contributed by atoms with Gasteiger partial charge in [0.1, 0.15) is 5.01 Å². The molecule has 0 aliphatic heterocycles. The molecule has 0 saturated carbocycles. The Labute approximate surface area is 168 Å². The van der Waals surface area contributed by atoms with Gasteiger partial charge in [-0.25, -0.2) is 9.97 Å². The standard InChI is InChI=1S/C22H20ClN3S/c1-14-6-7-16-11-18(13-25-15(2)22-24-8-9-27-22)21(26-20(16)10-14)17-4-3-5-19(23)12-17/h3-12,15,25H,13H2,1-2H3. The fourth-order valence-corrected chi connectivity index (χ4v) is 4.00. The number of hydrogen-bond donors (Lipinski definition) is 1. The lowest BCUT2D eigenvalue weighted by Gasteiger charge is -2.15. The molecule has 2 aromatic heterocycles. The summed E-state index contributed by atoms with van der Waals surface area (Å²) in [5.41, 5.74) is 5.35. The van der Waals surface area contributed by atoms with Crippen molar-refractivity contribution in [2.75, 3.05) is 0 Å². The Morgan fingerprint density at radius 1 is 1.15 bits per heavy atom. The van der Waals surface area contributed by atoms with Crippen molar-refractivity contribution in [2.24, 2.45) is 0 Å². The molecule has 0 aliphatic rings. The summed E-state index contributed by atoms with van der Waals surface area (Å²) in [6.45, 7) is 4.93. The van der Waals surface area contributed by atoms with Crippen molar-refractivity contribution >= 4 is 33.8 Å². The Kier molecular flexibility index (Phi) is 5.21. The Balaban J connectivity index is 1.74. The summed E-state index contributed by atoms with van der Waals surface area (Å²) in [5, 5.41) is 8.53. The van der Waals surface area contributed by atoms with Crippen LogP contribution in [0.5, 0.6) is 0 Å². The topological polar surface area (TPSA) is 37.8 Å². The van der Waals surface area contributed by atoms with Crippen molar-refractivity contribution in [1.82, 2.24) is 15.3 Å². The van der Waals surface area contributed by atoms with Crippen LogP contribution in [-0.2, 0) is 6.54 Å². The summed E-state index contributed by atoms with van der Waals surface area (Å²) in [4.78, 5) is 9.38. The second kappa shape index (κ2) is 7.77. The molecule has 0 bridgehead atoms. The Morgan fingerprint density at radius 2 is 2.04 bits per heavy atom. The molecule has 1 atom stereocenters. The van der Waals surface area contributed by atoms with Crippen LogP contribution in [0.25, 0.3) is 22.2 Å². The molecule has 0 amide bonds. The van der Waals surface area contributed by atoms with Crippen molar-refractivity contribution < 1.29 is 0 Å². The summed E-state index contributed by atoms with van der Waals surface area (Å²) in [5.74, 6) is 0. The van der Waals surface area contributed by atoms with E-state index in [4.69, 9.17) is 16.6 Å². The molecule has 27 heavy (non-hydrogen) atoms. The van der Waals surface area contributed by atoms with Crippen LogP contribution in [0.2, 0.25) is 5.02 Å². The molecule has 0 saturated heterocycles. The van der Waals surface area contributed by atoms with Crippen molar-refractivity contribution in [3.05, 3.63) is 81.3 Å². The number of hydrogen-bond acceptors (Lipinski definition) is 4. The lowest BCUT2D eigenvalue weighted by Crippen LogP contribution is -2.18. The van der Waals surface area contributed by atoms with Gasteiger partial charge in [-0.1, -0.05) is 35.9 Å². The van der Waals surface area contributed by atoms with Crippen LogP contribution < -0.4 is 5.32 Å². The number of halogens is 1. The quantitative estimate of drug-likeness (QED) is 0.440. The van der Waals surface area contributed by atoms with E-state index in [9.17, 15) is 0 Å². The van der Waals surface area contributed by atoms with Crippen LogP contribution in [0, 0.1) is 6.92 Å². The maximum absolute atomic E-state index is 6.24. The molecule has 5 heteroatoms. The van der Waals surface area contributed by atoms with E-state index in [0.717, 1.165) is 32.7 Å². The van der Waals surface area contributed by atoms with Gasteiger partial charge in [0.05, 0.1) is 17.3 Å². The number of nitrogens with zero attached hydrogens (tertiary/aromatic N) is 2. The van der Waals surface area contributed by atoms with Gasteiger partial charge in [0, 0.05) is 34.1 Å². The number of rotatable bonds is 5.